The molecular formula is C14H26N4O3. The maximum absolute atomic E-state index is 12.0. The van der Waals surface area contributed by atoms with Crippen LogP contribution in [0.2, 0.25) is 0 Å². The molecule has 0 aromatic heterocycles. The highest BCUT2D eigenvalue weighted by Gasteiger charge is 2.26. The SMILES string of the molecule is CC(NC1=NCCN(C(=O)OC(C)(C)C)C1)C(=O)N(C)C. The molecule has 0 fully saturated rings. The Bertz CT molecular complexity index is 426. The molecule has 2 amide bonds. The number of amides is 2. The van der Waals surface area contributed by atoms with Crippen LogP contribution < -0.4 is 5.32 Å². The standard InChI is InChI=1S/C14H26N4O3/c1-10(12(19)17(5)6)16-11-9-18(8-7-15-11)13(20)21-14(2,3)4/h10H,7-9H2,1-6H3,(H,15,16). The highest BCUT2D eigenvalue weighted by molar-refractivity contribution is 5.92. The van der Waals surface area contributed by atoms with Gasteiger partial charge in [-0.15, -0.1) is 0 Å². The molecule has 1 rings (SSSR count). The Morgan fingerprint density at radius 2 is 2.00 bits per heavy atom. The highest BCUT2D eigenvalue weighted by atomic mass is 16.6. The maximum atomic E-state index is 12.0. The van der Waals surface area contributed by atoms with Gasteiger partial charge in [-0.25, -0.2) is 4.79 Å². The lowest BCUT2D eigenvalue weighted by Crippen LogP contribution is -2.51. The third-order valence-electron chi connectivity index (χ3n) is 2.86. The van der Waals surface area contributed by atoms with E-state index in [2.05, 4.69) is 10.3 Å². The Labute approximate surface area is 126 Å². The van der Waals surface area contributed by atoms with Crippen molar-refractivity contribution in [2.75, 3.05) is 33.7 Å². The minimum atomic E-state index is -0.520. The second kappa shape index (κ2) is 6.78. The van der Waals surface area contributed by atoms with Crippen molar-refractivity contribution in [1.29, 1.82) is 0 Å². The van der Waals surface area contributed by atoms with Crippen LogP contribution in [0, 0.1) is 0 Å². The molecule has 1 N–H and O–H groups in total. The first kappa shape index (κ1) is 17.3. The number of rotatable bonds is 2. The van der Waals surface area contributed by atoms with E-state index in [1.54, 1.807) is 25.9 Å². The van der Waals surface area contributed by atoms with Gasteiger partial charge in [-0.05, 0) is 27.7 Å². The van der Waals surface area contributed by atoms with Gasteiger partial charge in [-0.1, -0.05) is 0 Å². The van der Waals surface area contributed by atoms with Crippen LogP contribution in [0.1, 0.15) is 27.7 Å². The number of carbonyl (C=O) groups excluding carboxylic acids is 2. The highest BCUT2D eigenvalue weighted by Crippen LogP contribution is 2.11. The number of amidine groups is 1. The van der Waals surface area contributed by atoms with Crippen molar-refractivity contribution in [2.45, 2.75) is 39.3 Å². The summed E-state index contributed by atoms with van der Waals surface area (Å²) in [5, 5.41) is 3.06. The Morgan fingerprint density at radius 3 is 2.52 bits per heavy atom. The van der Waals surface area contributed by atoms with Crippen molar-refractivity contribution in [3.8, 4) is 0 Å². The zero-order valence-electron chi connectivity index (χ0n) is 13.8. The topological polar surface area (TPSA) is 74.2 Å². The summed E-state index contributed by atoms with van der Waals surface area (Å²) in [5.41, 5.74) is -0.520. The van der Waals surface area contributed by atoms with Gasteiger partial charge in [-0.2, -0.15) is 0 Å². The van der Waals surface area contributed by atoms with Crippen LogP contribution >= 0.6 is 0 Å². The van der Waals surface area contributed by atoms with Crippen LogP contribution in [-0.2, 0) is 9.53 Å². The van der Waals surface area contributed by atoms with Crippen LogP contribution in [0.15, 0.2) is 4.99 Å². The van der Waals surface area contributed by atoms with E-state index in [0.717, 1.165) is 0 Å². The Hall–Kier alpha value is -1.79. The van der Waals surface area contributed by atoms with E-state index in [1.807, 2.05) is 20.8 Å². The molecule has 7 heteroatoms. The molecule has 0 aliphatic carbocycles. The fourth-order valence-corrected chi connectivity index (χ4v) is 1.89. The van der Waals surface area contributed by atoms with Gasteiger partial charge in [0.05, 0.1) is 13.1 Å². The lowest BCUT2D eigenvalue weighted by Gasteiger charge is -2.31. The monoisotopic (exact) mass is 298 g/mol. The number of carbonyl (C=O) groups is 2. The average Bonchev–Trinajstić information content (AvgIpc) is 2.35. The van der Waals surface area contributed by atoms with Crippen molar-refractivity contribution in [2.24, 2.45) is 4.99 Å². The van der Waals surface area contributed by atoms with Crippen molar-refractivity contribution in [3.63, 3.8) is 0 Å². The first-order valence-corrected chi connectivity index (χ1v) is 7.09. The van der Waals surface area contributed by atoms with Crippen LogP contribution in [0.4, 0.5) is 4.79 Å². The minimum absolute atomic E-state index is 0.0351. The molecule has 7 nitrogen and oxygen atoms in total. The summed E-state index contributed by atoms with van der Waals surface area (Å²) in [5.74, 6) is 0.599. The summed E-state index contributed by atoms with van der Waals surface area (Å²) in [6.07, 6.45) is -0.358. The third kappa shape index (κ3) is 5.61. The predicted octanol–water partition coefficient (Wildman–Crippen LogP) is 0.702. The van der Waals surface area contributed by atoms with Gasteiger partial charge in [0, 0.05) is 20.6 Å². The minimum Gasteiger partial charge on any atom is -0.444 e. The summed E-state index contributed by atoms with van der Waals surface area (Å²) in [4.78, 5) is 31.3. The molecular weight excluding hydrogens is 272 g/mol. The largest absolute Gasteiger partial charge is 0.444 e. The summed E-state index contributed by atoms with van der Waals surface area (Å²) in [6.45, 7) is 8.64. The van der Waals surface area contributed by atoms with Gasteiger partial charge >= 0.3 is 6.09 Å². The first-order chi connectivity index (χ1) is 9.60. The van der Waals surface area contributed by atoms with E-state index in [4.69, 9.17) is 4.74 Å². The predicted molar refractivity (Wildman–Crippen MR) is 81.4 cm³/mol. The fourth-order valence-electron chi connectivity index (χ4n) is 1.89. The van der Waals surface area contributed by atoms with E-state index in [0.29, 0.717) is 25.5 Å². The second-order valence-electron chi connectivity index (χ2n) is 6.33. The fraction of sp³-hybridized carbons (Fsp3) is 0.786. The quantitative estimate of drug-likeness (QED) is 0.814. The van der Waals surface area contributed by atoms with E-state index in [-0.39, 0.29) is 18.0 Å². The van der Waals surface area contributed by atoms with Gasteiger partial charge in [0.25, 0.3) is 0 Å². The summed E-state index contributed by atoms with van der Waals surface area (Å²) in [6, 6.07) is -0.377. The molecule has 1 atom stereocenters. The Balaban J connectivity index is 2.58. The smallest absolute Gasteiger partial charge is 0.410 e. The number of hydrogen-bond donors (Lipinski definition) is 1. The van der Waals surface area contributed by atoms with Crippen LogP contribution in [0.25, 0.3) is 0 Å². The molecule has 0 saturated carbocycles. The van der Waals surface area contributed by atoms with Crippen molar-refractivity contribution >= 4 is 17.8 Å². The van der Waals surface area contributed by atoms with Crippen LogP contribution in [-0.4, -0.2) is 73.0 Å². The lowest BCUT2D eigenvalue weighted by atomic mass is 10.2. The van der Waals surface area contributed by atoms with Crippen LogP contribution in [0.3, 0.4) is 0 Å². The molecule has 0 radical (unpaired) electrons. The molecule has 0 aromatic carbocycles. The molecule has 120 valence electrons. The van der Waals surface area contributed by atoms with E-state index < -0.39 is 5.60 Å². The Kier molecular flexibility index (Phi) is 5.57. The Morgan fingerprint density at radius 1 is 1.38 bits per heavy atom. The zero-order chi connectivity index (χ0) is 16.2. The molecule has 0 spiro atoms. The van der Waals surface area contributed by atoms with E-state index >= 15 is 0 Å². The molecule has 0 bridgehead atoms. The van der Waals surface area contributed by atoms with Gasteiger partial charge in [0.2, 0.25) is 5.91 Å². The van der Waals surface area contributed by atoms with Crippen molar-refractivity contribution in [1.82, 2.24) is 15.1 Å². The lowest BCUT2D eigenvalue weighted by molar-refractivity contribution is -0.130. The number of nitrogens with zero attached hydrogens (tertiary/aromatic N) is 3. The summed E-state index contributed by atoms with van der Waals surface area (Å²) in [7, 11) is 3.41. The summed E-state index contributed by atoms with van der Waals surface area (Å²) < 4.78 is 5.35. The molecule has 0 aromatic rings. The van der Waals surface area contributed by atoms with Crippen LogP contribution in [0.5, 0.6) is 0 Å². The molecule has 0 saturated heterocycles. The molecule has 1 unspecified atom stereocenters. The van der Waals surface area contributed by atoms with Gasteiger partial charge in [0.15, 0.2) is 0 Å². The number of ether oxygens (including phenoxy) is 1. The number of nitrogens with one attached hydrogen (secondary N) is 1. The van der Waals surface area contributed by atoms with Gasteiger partial charge in [-0.3, -0.25) is 14.7 Å². The zero-order valence-corrected chi connectivity index (χ0v) is 13.8. The molecule has 1 aliphatic heterocycles. The number of aliphatic imine (C=N–C) groups is 1. The second-order valence-corrected chi connectivity index (χ2v) is 6.33. The van der Waals surface area contributed by atoms with Crippen molar-refractivity contribution < 1.29 is 14.3 Å². The summed E-state index contributed by atoms with van der Waals surface area (Å²) >= 11 is 0. The van der Waals surface area contributed by atoms with Crippen molar-refractivity contribution in [3.05, 3.63) is 0 Å². The number of hydrogen-bond acceptors (Lipinski definition) is 5. The normalized spacial score (nSPS) is 16.9. The first-order valence-electron chi connectivity index (χ1n) is 7.09. The van der Waals surface area contributed by atoms with E-state index in [9.17, 15) is 9.59 Å². The number of likely N-dealkylation sites (N-methyl/N-ethyl adjacent to an activating group) is 1. The molecule has 1 aliphatic rings. The van der Waals surface area contributed by atoms with Gasteiger partial charge in [0.1, 0.15) is 17.5 Å². The molecule has 1 heterocycles. The van der Waals surface area contributed by atoms with Gasteiger partial charge < -0.3 is 15.0 Å². The maximum Gasteiger partial charge on any atom is 0.410 e. The average molecular weight is 298 g/mol. The molecule has 21 heavy (non-hydrogen) atoms. The third-order valence-corrected chi connectivity index (χ3v) is 2.86. The van der Waals surface area contributed by atoms with E-state index in [1.165, 1.54) is 4.90 Å².